The number of likely N-dealkylation sites (N-methyl/N-ethyl adjacent to an activating group) is 1. The van der Waals surface area contributed by atoms with Gasteiger partial charge in [0.25, 0.3) is 0 Å². The number of rotatable bonds is 10. The second-order valence-corrected chi connectivity index (χ2v) is 8.66. The maximum atomic E-state index is 13.0. The van der Waals surface area contributed by atoms with Crippen LogP contribution in [0.5, 0.6) is 5.75 Å². The maximum absolute atomic E-state index is 13.0. The van der Waals surface area contributed by atoms with Gasteiger partial charge >= 0.3 is 5.97 Å². The van der Waals surface area contributed by atoms with E-state index in [-0.39, 0.29) is 18.6 Å². The van der Waals surface area contributed by atoms with Crippen molar-refractivity contribution in [3.63, 3.8) is 0 Å². The van der Waals surface area contributed by atoms with E-state index in [2.05, 4.69) is 28.7 Å². The molecule has 0 spiro atoms. The molecule has 0 saturated heterocycles. The lowest BCUT2D eigenvalue weighted by atomic mass is 10.0. The number of halogens is 1. The molecule has 0 amide bonds. The number of carbonyl (C=O) groups is 1. The topological polar surface area (TPSA) is 38.8 Å². The van der Waals surface area contributed by atoms with Crippen LogP contribution in [0.25, 0.3) is 0 Å². The number of nitrogens with zero attached hydrogens (tertiary/aromatic N) is 1. The highest BCUT2D eigenvalue weighted by Gasteiger charge is 2.26. The molecular formula is C26H28INO3. The van der Waals surface area contributed by atoms with Crippen molar-refractivity contribution < 1.29 is 14.3 Å². The van der Waals surface area contributed by atoms with E-state index in [4.69, 9.17) is 9.47 Å². The summed E-state index contributed by atoms with van der Waals surface area (Å²) < 4.78 is 12.9. The smallest absolute Gasteiger partial charge is 0.324 e. The lowest BCUT2D eigenvalue weighted by Crippen LogP contribution is -2.41. The van der Waals surface area contributed by atoms with E-state index < -0.39 is 0 Å². The van der Waals surface area contributed by atoms with Crippen molar-refractivity contribution in [3.8, 4) is 5.75 Å². The van der Waals surface area contributed by atoms with Crippen LogP contribution in [0.2, 0.25) is 0 Å². The third-order valence-electron chi connectivity index (χ3n) is 5.20. The van der Waals surface area contributed by atoms with E-state index >= 15 is 0 Å². The average Bonchev–Trinajstić information content (AvgIpc) is 2.81. The van der Waals surface area contributed by atoms with Gasteiger partial charge in [-0.15, -0.1) is 0 Å². The predicted octanol–water partition coefficient (Wildman–Crippen LogP) is 5.48. The fourth-order valence-electron chi connectivity index (χ4n) is 3.26. The van der Waals surface area contributed by atoms with E-state index in [1.165, 1.54) is 0 Å². The van der Waals surface area contributed by atoms with Crippen molar-refractivity contribution in [2.75, 3.05) is 13.6 Å². The average molecular weight is 529 g/mol. The van der Waals surface area contributed by atoms with Crippen LogP contribution in [0.4, 0.5) is 0 Å². The molecule has 3 aromatic carbocycles. The summed E-state index contributed by atoms with van der Waals surface area (Å²) in [6, 6.07) is 25.6. The second-order valence-electron chi connectivity index (χ2n) is 7.41. The number of hydrogen-bond acceptors (Lipinski definition) is 4. The molecule has 0 fully saturated rings. The minimum absolute atomic E-state index is 0.221. The van der Waals surface area contributed by atoms with Crippen LogP contribution in [0, 0.1) is 3.57 Å². The molecule has 3 aromatic rings. The lowest BCUT2D eigenvalue weighted by molar-refractivity contribution is -0.150. The third kappa shape index (κ3) is 7.08. The fourth-order valence-corrected chi connectivity index (χ4v) is 3.81. The highest BCUT2D eigenvalue weighted by Crippen LogP contribution is 2.25. The molecule has 162 valence electrons. The summed E-state index contributed by atoms with van der Waals surface area (Å²) in [5, 5.41) is 0. The lowest BCUT2D eigenvalue weighted by Gasteiger charge is -2.26. The van der Waals surface area contributed by atoms with Crippen molar-refractivity contribution in [1.29, 1.82) is 0 Å². The maximum Gasteiger partial charge on any atom is 0.324 e. The number of carbonyl (C=O) groups excluding carboxylic acids is 1. The quantitative estimate of drug-likeness (QED) is 0.258. The van der Waals surface area contributed by atoms with Crippen molar-refractivity contribution in [1.82, 2.24) is 4.90 Å². The Bertz CT molecular complexity index is 963. The minimum atomic E-state index is -0.383. The van der Waals surface area contributed by atoms with Gasteiger partial charge in [0.1, 0.15) is 25.0 Å². The summed E-state index contributed by atoms with van der Waals surface area (Å²) in [6.45, 7) is 3.55. The zero-order chi connectivity index (χ0) is 22.1. The zero-order valence-electron chi connectivity index (χ0n) is 18.0. The number of esters is 1. The van der Waals surface area contributed by atoms with E-state index in [1.807, 2.05) is 91.7 Å². The molecule has 5 heteroatoms. The van der Waals surface area contributed by atoms with Crippen LogP contribution in [-0.4, -0.2) is 30.5 Å². The monoisotopic (exact) mass is 529 g/mol. The van der Waals surface area contributed by atoms with Gasteiger partial charge in [-0.3, -0.25) is 9.69 Å². The van der Waals surface area contributed by atoms with Crippen molar-refractivity contribution in [2.24, 2.45) is 0 Å². The van der Waals surface area contributed by atoms with E-state index in [0.717, 1.165) is 32.6 Å². The first kappa shape index (κ1) is 23.3. The van der Waals surface area contributed by atoms with E-state index in [1.54, 1.807) is 0 Å². The van der Waals surface area contributed by atoms with Crippen LogP contribution < -0.4 is 4.74 Å². The second kappa shape index (κ2) is 11.9. The van der Waals surface area contributed by atoms with Crippen LogP contribution in [0.3, 0.4) is 0 Å². The molecule has 0 aromatic heterocycles. The van der Waals surface area contributed by atoms with E-state index in [0.29, 0.717) is 13.0 Å². The van der Waals surface area contributed by atoms with Gasteiger partial charge in [0.2, 0.25) is 0 Å². The molecule has 0 N–H and O–H groups in total. The fraction of sp³-hybridized carbons (Fsp3) is 0.269. The first-order chi connectivity index (χ1) is 15.1. The molecule has 1 atom stereocenters. The van der Waals surface area contributed by atoms with Crippen molar-refractivity contribution in [2.45, 2.75) is 32.6 Å². The van der Waals surface area contributed by atoms with Gasteiger partial charge in [0.05, 0.1) is 0 Å². The molecule has 31 heavy (non-hydrogen) atoms. The summed E-state index contributed by atoms with van der Waals surface area (Å²) in [5.74, 6) is 0.579. The molecule has 0 bridgehead atoms. The molecule has 0 aliphatic heterocycles. The summed E-state index contributed by atoms with van der Waals surface area (Å²) >= 11 is 2.29. The van der Waals surface area contributed by atoms with Crippen LogP contribution in [-0.2, 0) is 29.2 Å². The highest BCUT2D eigenvalue weighted by molar-refractivity contribution is 14.1. The Labute approximate surface area is 198 Å². The molecule has 0 aliphatic carbocycles. The van der Waals surface area contributed by atoms with Gasteiger partial charge < -0.3 is 9.47 Å². The largest absolute Gasteiger partial charge is 0.489 e. The Morgan fingerprint density at radius 1 is 0.935 bits per heavy atom. The van der Waals surface area contributed by atoms with Gasteiger partial charge in [-0.1, -0.05) is 67.6 Å². The van der Waals surface area contributed by atoms with E-state index in [9.17, 15) is 4.79 Å². The Hall–Kier alpha value is -2.38. The Kier molecular flexibility index (Phi) is 8.91. The Morgan fingerprint density at radius 2 is 1.55 bits per heavy atom. The number of hydrogen-bond donors (Lipinski definition) is 0. The van der Waals surface area contributed by atoms with Crippen LogP contribution in [0.15, 0.2) is 78.9 Å². The predicted molar refractivity (Wildman–Crippen MR) is 132 cm³/mol. The molecular weight excluding hydrogens is 501 g/mol. The molecule has 0 aliphatic rings. The van der Waals surface area contributed by atoms with Gasteiger partial charge in [-0.05, 0) is 71.1 Å². The van der Waals surface area contributed by atoms with Crippen molar-refractivity contribution in [3.05, 3.63) is 99.1 Å². The first-order valence-corrected chi connectivity index (χ1v) is 11.5. The molecule has 0 saturated carbocycles. The Morgan fingerprint density at radius 3 is 2.16 bits per heavy atom. The summed E-state index contributed by atoms with van der Waals surface area (Å²) in [5.41, 5.74) is 3.09. The SMILES string of the molecule is CCN(C)[C@@H](Cc1cc(I)ccc1OCc1ccccc1)C(=O)OCc1ccccc1. The van der Waals surface area contributed by atoms with Gasteiger partial charge in [-0.25, -0.2) is 0 Å². The molecule has 0 radical (unpaired) electrons. The molecule has 4 nitrogen and oxygen atoms in total. The molecule has 3 rings (SSSR count). The number of ether oxygens (including phenoxy) is 2. The van der Waals surface area contributed by atoms with Crippen LogP contribution in [0.1, 0.15) is 23.6 Å². The zero-order valence-corrected chi connectivity index (χ0v) is 20.1. The molecule has 0 unspecified atom stereocenters. The summed E-state index contributed by atoms with van der Waals surface area (Å²) in [7, 11) is 1.95. The van der Waals surface area contributed by atoms with Gasteiger partial charge in [0.15, 0.2) is 0 Å². The van der Waals surface area contributed by atoms with Gasteiger partial charge in [-0.2, -0.15) is 0 Å². The highest BCUT2D eigenvalue weighted by atomic mass is 127. The minimum Gasteiger partial charge on any atom is -0.489 e. The summed E-state index contributed by atoms with van der Waals surface area (Å²) in [6.07, 6.45) is 0.527. The molecule has 0 heterocycles. The summed E-state index contributed by atoms with van der Waals surface area (Å²) in [4.78, 5) is 15.0. The third-order valence-corrected chi connectivity index (χ3v) is 5.87. The Balaban J connectivity index is 1.73. The number of benzene rings is 3. The van der Waals surface area contributed by atoms with Crippen LogP contribution >= 0.6 is 22.6 Å². The van der Waals surface area contributed by atoms with Gasteiger partial charge in [0, 0.05) is 9.99 Å². The normalized spacial score (nSPS) is 11.9. The standard InChI is InChI=1S/C26H28INO3/c1-3-28(2)24(26(29)31-19-21-12-8-5-9-13-21)17-22-16-23(27)14-15-25(22)30-18-20-10-6-4-7-11-20/h4-16,24H,3,17-19H2,1-2H3/t24-/m0/s1. The first-order valence-electron chi connectivity index (χ1n) is 10.4. The van der Waals surface area contributed by atoms with Crippen molar-refractivity contribution >= 4 is 28.6 Å².